The van der Waals surface area contributed by atoms with Crippen LogP contribution in [0.2, 0.25) is 0 Å². The van der Waals surface area contributed by atoms with E-state index in [0.717, 1.165) is 21.0 Å². The number of aryl methyl sites for hydroxylation is 3. The van der Waals surface area contributed by atoms with Gasteiger partial charge in [0.15, 0.2) is 0 Å². The summed E-state index contributed by atoms with van der Waals surface area (Å²) < 4.78 is 62.3. The molecule has 0 spiro atoms. The van der Waals surface area contributed by atoms with E-state index >= 15 is 0 Å². The van der Waals surface area contributed by atoms with Gasteiger partial charge in [-0.05, 0) is 106 Å². The van der Waals surface area contributed by atoms with Crippen LogP contribution >= 0.6 is 0 Å². The second-order valence-electron chi connectivity index (χ2n) is 9.75. The van der Waals surface area contributed by atoms with E-state index in [0.29, 0.717) is 23.7 Å². The molecule has 0 fully saturated rings. The van der Waals surface area contributed by atoms with Gasteiger partial charge >= 0.3 is 0 Å². The highest BCUT2D eigenvalue weighted by Gasteiger charge is 2.27. The minimum absolute atomic E-state index is 0.0133. The van der Waals surface area contributed by atoms with Crippen LogP contribution in [0.25, 0.3) is 0 Å². The van der Waals surface area contributed by atoms with E-state index in [1.807, 2.05) is 39.8 Å². The second-order valence-corrected chi connectivity index (χ2v) is 13.3. The summed E-state index contributed by atoms with van der Waals surface area (Å²) in [5, 5.41) is 2.67. The van der Waals surface area contributed by atoms with Gasteiger partial charge in [-0.25, -0.2) is 16.8 Å². The molecule has 9 nitrogen and oxygen atoms in total. The molecule has 0 aliphatic carbocycles. The molecular weight excluding hydrogens is 574 g/mol. The molecule has 0 saturated heterocycles. The summed E-state index contributed by atoms with van der Waals surface area (Å²) in [6.45, 7) is 7.32. The predicted octanol–water partition coefficient (Wildman–Crippen LogP) is 5.65. The first-order valence-corrected chi connectivity index (χ1v) is 16.1. The van der Waals surface area contributed by atoms with Gasteiger partial charge < -0.3 is 10.1 Å². The topological polar surface area (TPSA) is 122 Å². The Bertz CT molecular complexity index is 1770. The molecule has 4 rings (SSSR count). The van der Waals surface area contributed by atoms with Gasteiger partial charge in [0, 0.05) is 5.69 Å². The molecule has 220 valence electrons. The zero-order valence-corrected chi connectivity index (χ0v) is 25.4. The van der Waals surface area contributed by atoms with Gasteiger partial charge in [0.05, 0.1) is 27.8 Å². The van der Waals surface area contributed by atoms with Crippen molar-refractivity contribution in [3.05, 3.63) is 108 Å². The number of nitrogens with one attached hydrogen (secondary N) is 2. The Labute approximate surface area is 247 Å². The number of hydrogen-bond donors (Lipinski definition) is 2. The van der Waals surface area contributed by atoms with E-state index in [1.54, 1.807) is 42.5 Å². The Morgan fingerprint density at radius 2 is 1.36 bits per heavy atom. The van der Waals surface area contributed by atoms with Gasteiger partial charge in [-0.1, -0.05) is 29.8 Å². The number of benzene rings is 4. The van der Waals surface area contributed by atoms with Gasteiger partial charge in [-0.2, -0.15) is 0 Å². The molecule has 0 unspecified atom stereocenters. The van der Waals surface area contributed by atoms with E-state index in [-0.39, 0.29) is 15.5 Å². The van der Waals surface area contributed by atoms with Crippen molar-refractivity contribution in [3.63, 3.8) is 0 Å². The van der Waals surface area contributed by atoms with Crippen molar-refractivity contribution in [1.29, 1.82) is 0 Å². The zero-order valence-electron chi connectivity index (χ0n) is 23.8. The Hall–Kier alpha value is -4.35. The van der Waals surface area contributed by atoms with Crippen molar-refractivity contribution in [3.8, 4) is 5.75 Å². The van der Waals surface area contributed by atoms with Crippen LogP contribution in [0.1, 0.15) is 23.6 Å². The lowest BCUT2D eigenvalue weighted by atomic mass is 10.1. The minimum Gasteiger partial charge on any atom is -0.494 e. The lowest BCUT2D eigenvalue weighted by Crippen LogP contribution is -2.38. The van der Waals surface area contributed by atoms with Crippen LogP contribution in [-0.2, 0) is 24.8 Å². The summed E-state index contributed by atoms with van der Waals surface area (Å²) in [6.07, 6.45) is 0. The van der Waals surface area contributed by atoms with Crippen molar-refractivity contribution in [1.82, 2.24) is 0 Å². The first-order chi connectivity index (χ1) is 19.9. The maximum Gasteiger partial charge on any atom is 0.264 e. The van der Waals surface area contributed by atoms with Gasteiger partial charge in [-0.3, -0.25) is 13.8 Å². The Morgan fingerprint density at radius 3 is 1.98 bits per heavy atom. The van der Waals surface area contributed by atoms with Gasteiger partial charge in [0.1, 0.15) is 12.3 Å². The third-order valence-corrected chi connectivity index (χ3v) is 9.59. The van der Waals surface area contributed by atoms with Gasteiger partial charge in [-0.15, -0.1) is 0 Å². The minimum atomic E-state index is -4.10. The lowest BCUT2D eigenvalue weighted by Gasteiger charge is -2.24. The zero-order chi connectivity index (χ0) is 30.5. The molecule has 2 N–H and O–H groups in total. The quantitative estimate of drug-likeness (QED) is 0.227. The summed E-state index contributed by atoms with van der Waals surface area (Å²) in [4.78, 5) is 13.2. The fraction of sp³-hybridized carbons (Fsp3) is 0.194. The number of rotatable bonds is 11. The normalized spacial score (nSPS) is 11.5. The average molecular weight is 608 g/mol. The van der Waals surface area contributed by atoms with E-state index in [1.165, 1.54) is 36.4 Å². The van der Waals surface area contributed by atoms with Crippen LogP contribution in [0, 0.1) is 20.8 Å². The number of carbonyl (C=O) groups excluding carboxylic acids is 1. The first kappa shape index (κ1) is 30.6. The molecule has 0 saturated carbocycles. The van der Waals surface area contributed by atoms with Crippen molar-refractivity contribution >= 4 is 43.0 Å². The van der Waals surface area contributed by atoms with E-state index in [2.05, 4.69) is 10.0 Å². The molecule has 0 aromatic heterocycles. The van der Waals surface area contributed by atoms with Crippen LogP contribution in [0.3, 0.4) is 0 Å². The van der Waals surface area contributed by atoms with Crippen LogP contribution in [0.15, 0.2) is 101 Å². The second kappa shape index (κ2) is 12.7. The number of nitrogens with zero attached hydrogens (tertiary/aromatic N) is 1. The fourth-order valence-electron chi connectivity index (χ4n) is 4.13. The maximum atomic E-state index is 13.6. The first-order valence-electron chi connectivity index (χ1n) is 13.2. The Kier molecular flexibility index (Phi) is 9.23. The van der Waals surface area contributed by atoms with Gasteiger partial charge in [0.2, 0.25) is 5.91 Å². The van der Waals surface area contributed by atoms with Crippen LogP contribution in [-0.4, -0.2) is 35.9 Å². The van der Waals surface area contributed by atoms with E-state index in [9.17, 15) is 21.6 Å². The van der Waals surface area contributed by atoms with Crippen molar-refractivity contribution in [2.45, 2.75) is 37.5 Å². The average Bonchev–Trinajstić information content (AvgIpc) is 2.95. The third kappa shape index (κ3) is 7.29. The number of ether oxygens (including phenoxy) is 1. The Morgan fingerprint density at radius 1 is 0.762 bits per heavy atom. The standard InChI is InChI=1S/C31H33N3O6S2/c1-5-40-27-14-12-26(13-15-27)34(42(38,39)29-16-7-22(2)8-17-29)21-31(35)32-25-10-18-28(19-11-25)41(36,37)33-30-20-23(3)6-9-24(30)4/h6-20,33H,5,21H2,1-4H3,(H,32,35). The van der Waals surface area contributed by atoms with Crippen LogP contribution < -0.4 is 19.1 Å². The van der Waals surface area contributed by atoms with Gasteiger partial charge in [0.25, 0.3) is 20.0 Å². The number of carbonyl (C=O) groups is 1. The molecule has 1 amide bonds. The molecule has 0 aliphatic rings. The molecule has 0 aliphatic heterocycles. The monoisotopic (exact) mass is 607 g/mol. The highest BCUT2D eigenvalue weighted by Crippen LogP contribution is 2.27. The largest absolute Gasteiger partial charge is 0.494 e. The van der Waals surface area contributed by atoms with Crippen molar-refractivity contribution in [2.75, 3.05) is 27.5 Å². The summed E-state index contributed by atoms with van der Waals surface area (Å²) >= 11 is 0. The molecule has 0 heterocycles. The number of amides is 1. The Balaban J connectivity index is 1.54. The molecule has 0 radical (unpaired) electrons. The molecule has 4 aromatic carbocycles. The van der Waals surface area contributed by atoms with Crippen LogP contribution in [0.4, 0.5) is 17.1 Å². The summed E-state index contributed by atoms with van der Waals surface area (Å²) in [6, 6.07) is 23.9. The summed E-state index contributed by atoms with van der Waals surface area (Å²) in [7, 11) is -7.98. The predicted molar refractivity (Wildman–Crippen MR) is 165 cm³/mol. The molecule has 0 bridgehead atoms. The fourth-order valence-corrected chi connectivity index (χ4v) is 6.67. The molecule has 4 aromatic rings. The molecule has 42 heavy (non-hydrogen) atoms. The summed E-state index contributed by atoms with van der Waals surface area (Å²) in [5.41, 5.74) is 3.68. The maximum absolute atomic E-state index is 13.6. The molecule has 0 atom stereocenters. The van der Waals surface area contributed by atoms with Crippen molar-refractivity contribution in [2.24, 2.45) is 0 Å². The molecular formula is C31H33N3O6S2. The number of sulfonamides is 2. The number of hydrogen-bond acceptors (Lipinski definition) is 6. The third-order valence-electron chi connectivity index (χ3n) is 6.42. The highest BCUT2D eigenvalue weighted by molar-refractivity contribution is 7.93. The number of anilines is 3. The van der Waals surface area contributed by atoms with E-state index < -0.39 is 32.5 Å². The lowest BCUT2D eigenvalue weighted by molar-refractivity contribution is -0.114. The SMILES string of the molecule is CCOc1ccc(N(CC(=O)Nc2ccc(S(=O)(=O)Nc3cc(C)ccc3C)cc2)S(=O)(=O)c2ccc(C)cc2)cc1. The summed E-state index contributed by atoms with van der Waals surface area (Å²) in [5.74, 6) is -0.0378. The van der Waals surface area contributed by atoms with Crippen molar-refractivity contribution < 1.29 is 26.4 Å². The highest BCUT2D eigenvalue weighted by atomic mass is 32.2. The van der Waals surface area contributed by atoms with E-state index in [4.69, 9.17) is 4.74 Å². The molecule has 11 heteroatoms. The smallest absolute Gasteiger partial charge is 0.264 e. The van der Waals surface area contributed by atoms with Crippen LogP contribution in [0.5, 0.6) is 5.75 Å².